The molecule has 5 rings (SSSR count). The number of ether oxygens (including phenoxy) is 7. The number of rotatable bonds is 8. The van der Waals surface area contributed by atoms with Crippen molar-refractivity contribution < 1.29 is 57.1 Å². The maximum absolute atomic E-state index is 13.4. The summed E-state index contributed by atoms with van der Waals surface area (Å²) >= 11 is 0. The van der Waals surface area contributed by atoms with Crippen molar-refractivity contribution in [3.63, 3.8) is 0 Å². The highest BCUT2D eigenvalue weighted by atomic mass is 16.7. The van der Waals surface area contributed by atoms with Crippen molar-refractivity contribution >= 4 is 29.8 Å². The largest absolute Gasteiger partial charge is 0.462 e. The highest BCUT2D eigenvalue weighted by molar-refractivity contribution is 5.75. The quantitative estimate of drug-likeness (QED) is 0.213. The Morgan fingerprint density at radius 3 is 1.91 bits per heavy atom. The first-order valence-electron chi connectivity index (χ1n) is 16.6. The third-order valence-corrected chi connectivity index (χ3v) is 11.4. The number of carbonyl (C=O) groups excluding carboxylic acids is 5. The number of esters is 5. The zero-order valence-corrected chi connectivity index (χ0v) is 28.6. The number of epoxide rings is 1. The Kier molecular flexibility index (Phi) is 8.84. The first kappa shape index (κ1) is 34.6. The molecule has 2 spiro atoms. The van der Waals surface area contributed by atoms with Crippen molar-refractivity contribution in [1.29, 1.82) is 0 Å². The van der Waals surface area contributed by atoms with Crippen LogP contribution in [0.2, 0.25) is 0 Å². The van der Waals surface area contributed by atoms with Gasteiger partial charge in [-0.15, -0.1) is 0 Å². The molecule has 0 radical (unpaired) electrons. The highest BCUT2D eigenvalue weighted by Crippen LogP contribution is 2.73. The Bertz CT molecular complexity index is 1270. The van der Waals surface area contributed by atoms with Gasteiger partial charge in [0.05, 0.1) is 18.6 Å². The molecule has 12 nitrogen and oxygen atoms in total. The first-order chi connectivity index (χ1) is 21.3. The molecule has 3 heterocycles. The molecule has 5 fully saturated rings. The summed E-state index contributed by atoms with van der Waals surface area (Å²) in [5, 5.41) is 0. The number of carbonyl (C=O) groups is 5. The molecule has 0 aromatic carbocycles. The van der Waals surface area contributed by atoms with Crippen LogP contribution < -0.4 is 0 Å². The van der Waals surface area contributed by atoms with E-state index in [-0.39, 0.29) is 50.1 Å². The number of fused-ring (bicyclic) bond motifs is 4. The summed E-state index contributed by atoms with van der Waals surface area (Å²) in [7, 11) is 0. The third-order valence-electron chi connectivity index (χ3n) is 11.4. The molecule has 46 heavy (non-hydrogen) atoms. The van der Waals surface area contributed by atoms with E-state index in [0.29, 0.717) is 19.4 Å². The van der Waals surface area contributed by atoms with Crippen LogP contribution in [0.25, 0.3) is 0 Å². The minimum absolute atomic E-state index is 0.0279. The minimum atomic E-state index is -1.49. The molecule has 0 bridgehead atoms. The van der Waals surface area contributed by atoms with Gasteiger partial charge in [-0.1, -0.05) is 41.5 Å². The Hall–Kier alpha value is -2.73. The van der Waals surface area contributed by atoms with E-state index in [0.717, 1.165) is 0 Å². The summed E-state index contributed by atoms with van der Waals surface area (Å²) in [6.45, 7) is 16.2. The molecule has 0 aromatic heterocycles. The number of hydrogen-bond donors (Lipinski definition) is 0. The van der Waals surface area contributed by atoms with Gasteiger partial charge in [-0.2, -0.15) is 0 Å². The summed E-state index contributed by atoms with van der Waals surface area (Å²) in [5.74, 6) is -3.20. The van der Waals surface area contributed by atoms with Gasteiger partial charge in [0, 0.05) is 49.9 Å². The van der Waals surface area contributed by atoms with E-state index in [1.165, 1.54) is 13.8 Å². The average Bonchev–Trinajstić information content (AvgIpc) is 3.61. The van der Waals surface area contributed by atoms with E-state index in [1.54, 1.807) is 0 Å². The molecule has 10 unspecified atom stereocenters. The Balaban J connectivity index is 1.73. The summed E-state index contributed by atoms with van der Waals surface area (Å²) in [6.07, 6.45) is -2.65. The van der Waals surface area contributed by atoms with Gasteiger partial charge in [0.1, 0.15) is 24.4 Å². The van der Waals surface area contributed by atoms with E-state index in [4.69, 9.17) is 33.2 Å². The Morgan fingerprint density at radius 2 is 1.41 bits per heavy atom. The molecule has 258 valence electrons. The molecular formula is C34H50O12. The van der Waals surface area contributed by atoms with Gasteiger partial charge in [-0.05, 0) is 31.6 Å². The van der Waals surface area contributed by atoms with Crippen molar-refractivity contribution in [3.05, 3.63) is 0 Å². The van der Waals surface area contributed by atoms with Crippen molar-refractivity contribution in [2.45, 2.75) is 142 Å². The molecule has 12 heteroatoms. The van der Waals surface area contributed by atoms with Gasteiger partial charge in [-0.3, -0.25) is 24.0 Å². The fourth-order valence-corrected chi connectivity index (χ4v) is 9.26. The molecule has 2 aliphatic carbocycles. The maximum Gasteiger partial charge on any atom is 0.309 e. The van der Waals surface area contributed by atoms with Gasteiger partial charge < -0.3 is 33.2 Å². The lowest BCUT2D eigenvalue weighted by molar-refractivity contribution is -0.380. The predicted molar refractivity (Wildman–Crippen MR) is 160 cm³/mol. The van der Waals surface area contributed by atoms with Crippen LogP contribution in [0, 0.1) is 28.6 Å². The Labute approximate surface area is 270 Å². The normalized spacial score (nSPS) is 42.7. The number of hydrogen-bond acceptors (Lipinski definition) is 12. The van der Waals surface area contributed by atoms with Crippen LogP contribution in [0.1, 0.15) is 101 Å². The van der Waals surface area contributed by atoms with E-state index in [2.05, 4.69) is 0 Å². The van der Waals surface area contributed by atoms with Gasteiger partial charge in [0.15, 0.2) is 17.8 Å². The van der Waals surface area contributed by atoms with Gasteiger partial charge in [-0.25, -0.2) is 0 Å². The third kappa shape index (κ3) is 5.50. The van der Waals surface area contributed by atoms with Crippen molar-refractivity contribution in [2.24, 2.45) is 28.6 Å². The van der Waals surface area contributed by atoms with E-state index >= 15 is 0 Å². The van der Waals surface area contributed by atoms with Gasteiger partial charge in [0.2, 0.25) is 0 Å². The van der Waals surface area contributed by atoms with Crippen LogP contribution in [0.4, 0.5) is 0 Å². The SMILES string of the molecule is CC(=O)OC1C(OC(=O)CC(C)C)C2(COC(=O)C2)OC2(C)CC(OC(C)=O)C3(C)C(C(OC(=O)CC(C)C)CCC34CO4)C12C. The Morgan fingerprint density at radius 1 is 0.826 bits per heavy atom. The van der Waals surface area contributed by atoms with Crippen LogP contribution in [0.3, 0.4) is 0 Å². The molecule has 2 saturated carbocycles. The second-order valence-corrected chi connectivity index (χ2v) is 15.6. The monoisotopic (exact) mass is 650 g/mol. The molecule has 3 saturated heterocycles. The maximum atomic E-state index is 13.4. The summed E-state index contributed by atoms with van der Waals surface area (Å²) in [6, 6.07) is 0. The van der Waals surface area contributed by atoms with Crippen molar-refractivity contribution in [1.82, 2.24) is 0 Å². The topological polar surface area (TPSA) is 153 Å². The molecule has 10 atom stereocenters. The second-order valence-electron chi connectivity index (χ2n) is 15.6. The molecule has 0 amide bonds. The van der Waals surface area contributed by atoms with Gasteiger partial charge in [0.25, 0.3) is 0 Å². The van der Waals surface area contributed by atoms with Crippen LogP contribution >= 0.6 is 0 Å². The average molecular weight is 651 g/mol. The van der Waals surface area contributed by atoms with Crippen molar-refractivity contribution in [3.8, 4) is 0 Å². The summed E-state index contributed by atoms with van der Waals surface area (Å²) < 4.78 is 43.6. The van der Waals surface area contributed by atoms with Crippen LogP contribution in [-0.2, 0) is 57.1 Å². The number of cyclic esters (lactones) is 1. The van der Waals surface area contributed by atoms with Crippen LogP contribution in [-0.4, -0.2) is 84.3 Å². The van der Waals surface area contributed by atoms with E-state index < -0.39 is 81.8 Å². The van der Waals surface area contributed by atoms with Crippen LogP contribution in [0.15, 0.2) is 0 Å². The molecule has 0 N–H and O–H groups in total. The van der Waals surface area contributed by atoms with Crippen LogP contribution in [0.5, 0.6) is 0 Å². The first-order valence-corrected chi connectivity index (χ1v) is 16.6. The van der Waals surface area contributed by atoms with Crippen molar-refractivity contribution in [2.75, 3.05) is 13.2 Å². The lowest BCUT2D eigenvalue weighted by atomic mass is 9.39. The summed E-state index contributed by atoms with van der Waals surface area (Å²) in [4.78, 5) is 65.1. The highest BCUT2D eigenvalue weighted by Gasteiger charge is 2.83. The molecule has 5 aliphatic rings. The molecule has 0 aromatic rings. The van der Waals surface area contributed by atoms with Gasteiger partial charge >= 0.3 is 29.8 Å². The zero-order chi connectivity index (χ0) is 34.0. The smallest absolute Gasteiger partial charge is 0.309 e. The second kappa shape index (κ2) is 11.8. The fourth-order valence-electron chi connectivity index (χ4n) is 9.26. The molecule has 3 aliphatic heterocycles. The lowest BCUT2D eigenvalue weighted by Gasteiger charge is -2.71. The van der Waals surface area contributed by atoms with E-state index in [9.17, 15) is 24.0 Å². The standard InChI is InChI=1S/C34H50O12/c1-18(2)12-24(37)44-22-10-11-34(17-41-34)31(8)23(42-20(5)35)14-30(7)32(9,27(22)31)28(43-21(6)36)29(45-25(38)13-19(3)4)33(46-30)15-26(39)40-16-33/h18-19,22-23,27-29H,10-17H2,1-9H3. The minimum Gasteiger partial charge on any atom is -0.462 e. The predicted octanol–water partition coefficient (Wildman–Crippen LogP) is 3.84. The molecular weight excluding hydrogens is 600 g/mol. The van der Waals surface area contributed by atoms with E-state index in [1.807, 2.05) is 48.5 Å². The summed E-state index contributed by atoms with van der Waals surface area (Å²) in [5.41, 5.74) is -5.60. The zero-order valence-electron chi connectivity index (χ0n) is 28.6. The lowest BCUT2D eigenvalue weighted by Crippen LogP contribution is -2.82. The fraction of sp³-hybridized carbons (Fsp3) is 0.853.